The van der Waals surface area contributed by atoms with Crippen molar-refractivity contribution in [3.8, 4) is 11.5 Å². The zero-order valence-electron chi connectivity index (χ0n) is 20.8. The smallest absolute Gasteiger partial charge is 0.255 e. The highest BCUT2D eigenvalue weighted by Crippen LogP contribution is 2.43. The first-order valence-electron chi connectivity index (χ1n) is 12.4. The summed E-state index contributed by atoms with van der Waals surface area (Å²) in [7, 11) is 0. The van der Waals surface area contributed by atoms with Crippen LogP contribution in [0.4, 0.5) is 17.2 Å². The summed E-state index contributed by atoms with van der Waals surface area (Å²) in [6.45, 7) is 7.08. The number of fused-ring (bicyclic) bond motifs is 3. The third kappa shape index (κ3) is 4.86. The van der Waals surface area contributed by atoms with Crippen molar-refractivity contribution in [3.63, 3.8) is 0 Å². The van der Waals surface area contributed by atoms with Crippen LogP contribution in [0.1, 0.15) is 48.0 Å². The summed E-state index contributed by atoms with van der Waals surface area (Å²) < 4.78 is 11.9. The monoisotopic (exact) mass is 502 g/mol. The first-order valence-corrected chi connectivity index (χ1v) is 13.2. The third-order valence-electron chi connectivity index (χ3n) is 6.31. The number of ether oxygens (including phenoxy) is 2. The van der Waals surface area contributed by atoms with Gasteiger partial charge in [0.2, 0.25) is 0 Å². The number of carbonyl (C=O) groups excluding carboxylic acids is 1. The Labute approximate surface area is 214 Å². The van der Waals surface area contributed by atoms with Gasteiger partial charge in [-0.3, -0.25) is 4.79 Å². The van der Waals surface area contributed by atoms with Crippen molar-refractivity contribution in [2.45, 2.75) is 40.0 Å². The maximum absolute atomic E-state index is 12.9. The topological polar surface area (TPSA) is 85.4 Å². The minimum absolute atomic E-state index is 0.212. The molecule has 5 rings (SSSR count). The van der Waals surface area contributed by atoms with Crippen molar-refractivity contribution in [1.29, 1.82) is 0 Å². The molecule has 2 aromatic heterocycles. The molecule has 0 fully saturated rings. The first-order chi connectivity index (χ1) is 17.6. The number of thiophene rings is 1. The van der Waals surface area contributed by atoms with Crippen LogP contribution in [0.5, 0.6) is 11.5 Å². The van der Waals surface area contributed by atoms with Crippen molar-refractivity contribution >= 4 is 44.7 Å². The normalized spacial score (nSPS) is 14.8. The van der Waals surface area contributed by atoms with Crippen LogP contribution in [0.2, 0.25) is 0 Å². The lowest BCUT2D eigenvalue weighted by molar-refractivity contribution is 0.102. The fourth-order valence-corrected chi connectivity index (χ4v) is 5.94. The maximum atomic E-state index is 12.9. The number of anilines is 3. The predicted molar refractivity (Wildman–Crippen MR) is 145 cm³/mol. The number of rotatable bonds is 8. The number of hydrogen-bond acceptors (Lipinski definition) is 7. The molecule has 0 spiro atoms. The van der Waals surface area contributed by atoms with Crippen LogP contribution in [-0.2, 0) is 12.8 Å². The highest BCUT2D eigenvalue weighted by molar-refractivity contribution is 7.19. The van der Waals surface area contributed by atoms with E-state index >= 15 is 0 Å². The second-order valence-electron chi connectivity index (χ2n) is 8.91. The first kappa shape index (κ1) is 24.1. The lowest BCUT2D eigenvalue weighted by Crippen LogP contribution is -2.13. The van der Waals surface area contributed by atoms with E-state index in [-0.39, 0.29) is 5.91 Å². The van der Waals surface area contributed by atoms with Gasteiger partial charge in [-0.1, -0.05) is 25.1 Å². The van der Waals surface area contributed by atoms with E-state index in [2.05, 4.69) is 27.5 Å². The van der Waals surface area contributed by atoms with E-state index in [4.69, 9.17) is 9.47 Å². The molecule has 1 unspecified atom stereocenters. The molecule has 8 heteroatoms. The number of hydrogen-bond donors (Lipinski definition) is 2. The van der Waals surface area contributed by atoms with E-state index in [1.165, 1.54) is 16.9 Å². The standard InChI is InChI=1S/C28H30N4O3S/c1-4-34-22-15-21(32-27(33)18-9-7-6-8-10-18)23(35-5-2)14-20(22)31-26-25-19-12-11-17(3)13-24(19)36-28(25)30-16-29-26/h6-10,14-17H,4-5,11-13H2,1-3H3,(H,32,33)(H,29,30,31). The second-order valence-corrected chi connectivity index (χ2v) is 9.99. The highest BCUT2D eigenvalue weighted by Gasteiger charge is 2.24. The van der Waals surface area contributed by atoms with E-state index in [1.807, 2.05) is 38.1 Å². The summed E-state index contributed by atoms with van der Waals surface area (Å²) in [5.74, 6) is 2.40. The van der Waals surface area contributed by atoms with Crippen LogP contribution in [0.3, 0.4) is 0 Å². The number of aryl methyl sites for hydroxylation is 1. The van der Waals surface area contributed by atoms with Crippen molar-refractivity contribution in [2.24, 2.45) is 5.92 Å². The van der Waals surface area contributed by atoms with Crippen LogP contribution in [0.25, 0.3) is 10.2 Å². The Balaban J connectivity index is 1.53. The molecule has 1 aliphatic rings. The van der Waals surface area contributed by atoms with Gasteiger partial charge in [-0.15, -0.1) is 11.3 Å². The van der Waals surface area contributed by atoms with Gasteiger partial charge >= 0.3 is 0 Å². The van der Waals surface area contributed by atoms with E-state index < -0.39 is 0 Å². The van der Waals surface area contributed by atoms with Gasteiger partial charge in [-0.2, -0.15) is 0 Å². The molecular formula is C28H30N4O3S. The number of aromatic nitrogens is 2. The summed E-state index contributed by atoms with van der Waals surface area (Å²) in [6.07, 6.45) is 4.89. The van der Waals surface area contributed by atoms with Gasteiger partial charge in [0.1, 0.15) is 28.5 Å². The van der Waals surface area contributed by atoms with E-state index in [9.17, 15) is 4.79 Å². The maximum Gasteiger partial charge on any atom is 0.255 e. The van der Waals surface area contributed by atoms with Gasteiger partial charge in [0, 0.05) is 22.6 Å². The lowest BCUT2D eigenvalue weighted by Gasteiger charge is -2.20. The zero-order chi connectivity index (χ0) is 25.1. The summed E-state index contributed by atoms with van der Waals surface area (Å²) in [6, 6.07) is 12.8. The molecule has 0 bridgehead atoms. The number of nitrogens with one attached hydrogen (secondary N) is 2. The second kappa shape index (κ2) is 10.5. The van der Waals surface area contributed by atoms with Gasteiger partial charge in [-0.05, 0) is 56.7 Å². The molecule has 36 heavy (non-hydrogen) atoms. The fourth-order valence-electron chi connectivity index (χ4n) is 4.59. The molecular weight excluding hydrogens is 472 g/mol. The Kier molecular flexibility index (Phi) is 7.04. The predicted octanol–water partition coefficient (Wildman–Crippen LogP) is 6.61. The Morgan fingerprint density at radius 3 is 2.53 bits per heavy atom. The van der Waals surface area contributed by atoms with Gasteiger partial charge in [0.15, 0.2) is 0 Å². The summed E-state index contributed by atoms with van der Waals surface area (Å²) >= 11 is 1.77. The zero-order valence-corrected chi connectivity index (χ0v) is 21.6. The van der Waals surface area contributed by atoms with Gasteiger partial charge in [-0.25, -0.2) is 9.97 Å². The average Bonchev–Trinajstić information content (AvgIpc) is 3.25. The fraction of sp³-hybridized carbons (Fsp3) is 0.321. The van der Waals surface area contributed by atoms with E-state index in [0.717, 1.165) is 34.6 Å². The number of carbonyl (C=O) groups is 1. The largest absolute Gasteiger partial charge is 0.492 e. The third-order valence-corrected chi connectivity index (χ3v) is 7.47. The molecule has 186 valence electrons. The number of benzene rings is 2. The molecule has 1 amide bonds. The molecule has 1 aliphatic carbocycles. The summed E-state index contributed by atoms with van der Waals surface area (Å²) in [5.41, 5.74) is 3.20. The van der Waals surface area contributed by atoms with E-state index in [1.54, 1.807) is 35.9 Å². The molecule has 0 saturated carbocycles. The van der Waals surface area contributed by atoms with Gasteiger partial charge in [0.25, 0.3) is 5.91 Å². The van der Waals surface area contributed by atoms with Gasteiger partial charge < -0.3 is 20.1 Å². The van der Waals surface area contributed by atoms with Crippen LogP contribution >= 0.6 is 11.3 Å². The molecule has 1 atom stereocenters. The van der Waals surface area contributed by atoms with Gasteiger partial charge in [0.05, 0.1) is 30.0 Å². The molecule has 4 aromatic rings. The molecule has 0 radical (unpaired) electrons. The Bertz CT molecular complexity index is 1390. The average molecular weight is 503 g/mol. The van der Waals surface area contributed by atoms with Crippen molar-refractivity contribution in [3.05, 3.63) is 64.8 Å². The summed E-state index contributed by atoms with van der Waals surface area (Å²) in [5, 5.41) is 7.56. The Morgan fingerprint density at radius 2 is 1.78 bits per heavy atom. The van der Waals surface area contributed by atoms with Crippen LogP contribution in [0, 0.1) is 5.92 Å². The lowest BCUT2D eigenvalue weighted by atomic mass is 9.89. The van der Waals surface area contributed by atoms with Crippen molar-refractivity contribution in [2.75, 3.05) is 23.8 Å². The number of amides is 1. The number of nitrogens with zero attached hydrogens (tertiary/aromatic N) is 2. The molecule has 0 aliphatic heterocycles. The summed E-state index contributed by atoms with van der Waals surface area (Å²) in [4.78, 5) is 24.4. The molecule has 2 aromatic carbocycles. The Morgan fingerprint density at radius 1 is 1.06 bits per heavy atom. The molecule has 0 saturated heterocycles. The van der Waals surface area contributed by atoms with Crippen LogP contribution < -0.4 is 20.1 Å². The van der Waals surface area contributed by atoms with Crippen molar-refractivity contribution < 1.29 is 14.3 Å². The minimum Gasteiger partial charge on any atom is -0.492 e. The van der Waals surface area contributed by atoms with Crippen LogP contribution in [-0.4, -0.2) is 29.1 Å². The highest BCUT2D eigenvalue weighted by atomic mass is 32.1. The SMILES string of the molecule is CCOc1cc(Nc2ncnc3sc4c(c23)CCC(C)C4)c(OCC)cc1NC(=O)c1ccccc1. The Hall–Kier alpha value is -3.65. The van der Waals surface area contributed by atoms with Crippen LogP contribution in [0.15, 0.2) is 48.8 Å². The van der Waals surface area contributed by atoms with E-state index in [0.29, 0.717) is 41.9 Å². The van der Waals surface area contributed by atoms with Crippen molar-refractivity contribution in [1.82, 2.24) is 9.97 Å². The quantitative estimate of drug-likeness (QED) is 0.282. The minimum atomic E-state index is -0.212. The molecule has 7 nitrogen and oxygen atoms in total. The molecule has 2 heterocycles. The molecule has 2 N–H and O–H groups in total.